The average molecular weight is 292 g/mol. The van der Waals surface area contributed by atoms with Gasteiger partial charge in [-0.05, 0) is 31.2 Å². The highest BCUT2D eigenvalue weighted by Gasteiger charge is 2.07. The molecule has 5 nitrogen and oxygen atoms in total. The zero-order valence-electron chi connectivity index (χ0n) is 12.2. The first-order valence-corrected chi connectivity index (χ1v) is 7.10. The zero-order chi connectivity index (χ0) is 15.2. The number of nitrogens with one attached hydrogen (secondary N) is 1. The van der Waals surface area contributed by atoms with Crippen molar-refractivity contribution in [1.82, 2.24) is 15.4 Å². The number of ether oxygens (including phenoxy) is 1. The number of hydrogen-bond donors (Lipinski definition) is 1. The Morgan fingerprint density at radius 2 is 1.82 bits per heavy atom. The molecule has 1 heterocycles. The summed E-state index contributed by atoms with van der Waals surface area (Å²) in [7, 11) is 0. The lowest BCUT2D eigenvalue weighted by Gasteiger charge is -2.01. The number of rotatable bonds is 5. The SMILES string of the molecule is CCOc1ccc(N=Cc2n[nH]nc2-c2ccccc2)cc1. The molecule has 22 heavy (non-hydrogen) atoms. The Bertz CT molecular complexity index is 748. The number of H-pyrrole nitrogens is 1. The Labute approximate surface area is 128 Å². The van der Waals surface area contributed by atoms with E-state index in [0.717, 1.165) is 22.7 Å². The summed E-state index contributed by atoms with van der Waals surface area (Å²) >= 11 is 0. The highest BCUT2D eigenvalue weighted by Crippen LogP contribution is 2.20. The fourth-order valence-electron chi connectivity index (χ4n) is 2.07. The van der Waals surface area contributed by atoms with Gasteiger partial charge in [0, 0.05) is 5.56 Å². The summed E-state index contributed by atoms with van der Waals surface area (Å²) in [5, 5.41) is 11.0. The molecule has 1 N–H and O–H groups in total. The summed E-state index contributed by atoms with van der Waals surface area (Å²) in [4.78, 5) is 4.43. The van der Waals surface area contributed by atoms with Crippen molar-refractivity contribution in [3.05, 3.63) is 60.3 Å². The Morgan fingerprint density at radius 3 is 2.55 bits per heavy atom. The Morgan fingerprint density at radius 1 is 1.05 bits per heavy atom. The molecule has 5 heteroatoms. The Hall–Kier alpha value is -2.95. The number of hydrogen-bond acceptors (Lipinski definition) is 4. The van der Waals surface area contributed by atoms with Crippen LogP contribution < -0.4 is 4.74 Å². The molecule has 0 fully saturated rings. The summed E-state index contributed by atoms with van der Waals surface area (Å²) in [6, 6.07) is 17.5. The minimum atomic E-state index is 0.655. The van der Waals surface area contributed by atoms with Crippen LogP contribution in [0.2, 0.25) is 0 Å². The van der Waals surface area contributed by atoms with Crippen LogP contribution >= 0.6 is 0 Å². The lowest BCUT2D eigenvalue weighted by atomic mass is 10.1. The minimum absolute atomic E-state index is 0.655. The van der Waals surface area contributed by atoms with Gasteiger partial charge in [0.15, 0.2) is 0 Å². The van der Waals surface area contributed by atoms with Gasteiger partial charge in [0.2, 0.25) is 0 Å². The number of aliphatic imine (C=N–C) groups is 1. The molecule has 0 aliphatic rings. The quantitative estimate of drug-likeness (QED) is 0.730. The molecule has 2 aromatic carbocycles. The molecule has 0 bridgehead atoms. The van der Waals surface area contributed by atoms with E-state index in [0.29, 0.717) is 12.3 Å². The molecule has 0 atom stereocenters. The Kier molecular flexibility index (Phi) is 4.25. The van der Waals surface area contributed by atoms with Gasteiger partial charge in [0.1, 0.15) is 17.1 Å². The fraction of sp³-hybridized carbons (Fsp3) is 0.118. The van der Waals surface area contributed by atoms with Gasteiger partial charge >= 0.3 is 0 Å². The van der Waals surface area contributed by atoms with E-state index in [2.05, 4.69) is 20.4 Å². The van der Waals surface area contributed by atoms with Crippen LogP contribution in [0.1, 0.15) is 12.6 Å². The standard InChI is InChI=1S/C17H16N4O/c1-2-22-15-10-8-14(9-11-15)18-12-16-17(20-21-19-16)13-6-4-3-5-7-13/h3-12H,2H2,1H3,(H,19,20,21). The summed E-state index contributed by atoms with van der Waals surface area (Å²) in [5.41, 5.74) is 3.34. The number of nitrogens with zero attached hydrogens (tertiary/aromatic N) is 3. The van der Waals surface area contributed by atoms with Crippen LogP contribution in [0.25, 0.3) is 11.3 Å². The van der Waals surface area contributed by atoms with Crippen molar-refractivity contribution in [3.63, 3.8) is 0 Å². The molecule has 3 aromatic rings. The molecule has 0 radical (unpaired) electrons. The van der Waals surface area contributed by atoms with Crippen molar-refractivity contribution in [1.29, 1.82) is 0 Å². The maximum Gasteiger partial charge on any atom is 0.131 e. The lowest BCUT2D eigenvalue weighted by Crippen LogP contribution is -1.90. The van der Waals surface area contributed by atoms with E-state index < -0.39 is 0 Å². The van der Waals surface area contributed by atoms with E-state index in [1.807, 2.05) is 61.5 Å². The largest absolute Gasteiger partial charge is 0.494 e. The topological polar surface area (TPSA) is 63.2 Å². The van der Waals surface area contributed by atoms with E-state index in [1.54, 1.807) is 6.21 Å². The fourth-order valence-corrected chi connectivity index (χ4v) is 2.07. The number of aromatic amines is 1. The van der Waals surface area contributed by atoms with Crippen LogP contribution in [-0.4, -0.2) is 28.2 Å². The molecule has 0 spiro atoms. The van der Waals surface area contributed by atoms with Gasteiger partial charge in [0.25, 0.3) is 0 Å². The van der Waals surface area contributed by atoms with Gasteiger partial charge in [-0.15, -0.1) is 0 Å². The van der Waals surface area contributed by atoms with Crippen LogP contribution in [0, 0.1) is 0 Å². The normalized spacial score (nSPS) is 11.0. The van der Waals surface area contributed by atoms with E-state index >= 15 is 0 Å². The summed E-state index contributed by atoms with van der Waals surface area (Å²) < 4.78 is 5.41. The van der Waals surface area contributed by atoms with E-state index in [-0.39, 0.29) is 0 Å². The van der Waals surface area contributed by atoms with Crippen LogP contribution in [0.4, 0.5) is 5.69 Å². The van der Waals surface area contributed by atoms with E-state index in [4.69, 9.17) is 4.74 Å². The molecule has 3 rings (SSSR count). The van der Waals surface area contributed by atoms with Crippen molar-refractivity contribution in [2.45, 2.75) is 6.92 Å². The second-order valence-corrected chi connectivity index (χ2v) is 4.61. The molecule has 0 aliphatic heterocycles. The van der Waals surface area contributed by atoms with Crippen LogP contribution in [0.5, 0.6) is 5.75 Å². The third-order valence-corrected chi connectivity index (χ3v) is 3.11. The molecular formula is C17H16N4O. The average Bonchev–Trinajstić information content (AvgIpc) is 3.04. The van der Waals surface area contributed by atoms with Crippen LogP contribution in [-0.2, 0) is 0 Å². The monoisotopic (exact) mass is 292 g/mol. The first-order valence-electron chi connectivity index (χ1n) is 7.10. The van der Waals surface area contributed by atoms with Crippen molar-refractivity contribution in [2.75, 3.05) is 6.61 Å². The first-order chi connectivity index (χ1) is 10.9. The first kappa shape index (κ1) is 14.0. The predicted molar refractivity (Wildman–Crippen MR) is 86.7 cm³/mol. The van der Waals surface area contributed by atoms with Crippen molar-refractivity contribution in [2.24, 2.45) is 4.99 Å². The second-order valence-electron chi connectivity index (χ2n) is 4.61. The van der Waals surface area contributed by atoms with Crippen LogP contribution in [0.3, 0.4) is 0 Å². The van der Waals surface area contributed by atoms with Crippen molar-refractivity contribution >= 4 is 11.9 Å². The molecule has 0 unspecified atom stereocenters. The third kappa shape index (κ3) is 3.20. The highest BCUT2D eigenvalue weighted by atomic mass is 16.5. The molecule has 0 saturated heterocycles. The zero-order valence-corrected chi connectivity index (χ0v) is 12.2. The number of benzene rings is 2. The molecule has 0 amide bonds. The van der Waals surface area contributed by atoms with Gasteiger partial charge in [-0.3, -0.25) is 4.99 Å². The Balaban J connectivity index is 1.80. The van der Waals surface area contributed by atoms with Gasteiger partial charge in [0.05, 0.1) is 18.5 Å². The minimum Gasteiger partial charge on any atom is -0.494 e. The molecule has 1 aromatic heterocycles. The van der Waals surface area contributed by atoms with Gasteiger partial charge in [-0.2, -0.15) is 15.4 Å². The van der Waals surface area contributed by atoms with E-state index in [1.165, 1.54) is 0 Å². The molecule has 0 saturated carbocycles. The second kappa shape index (κ2) is 6.67. The smallest absolute Gasteiger partial charge is 0.131 e. The lowest BCUT2D eigenvalue weighted by molar-refractivity contribution is 0.340. The third-order valence-electron chi connectivity index (χ3n) is 3.11. The predicted octanol–water partition coefficient (Wildman–Crippen LogP) is 3.62. The van der Waals surface area contributed by atoms with Crippen LogP contribution in [0.15, 0.2) is 59.6 Å². The van der Waals surface area contributed by atoms with Crippen molar-refractivity contribution in [3.8, 4) is 17.0 Å². The molecule has 110 valence electrons. The van der Waals surface area contributed by atoms with Gasteiger partial charge in [-0.25, -0.2) is 0 Å². The summed E-state index contributed by atoms with van der Waals surface area (Å²) in [5.74, 6) is 0.841. The molecular weight excluding hydrogens is 276 g/mol. The van der Waals surface area contributed by atoms with E-state index in [9.17, 15) is 0 Å². The highest BCUT2D eigenvalue weighted by molar-refractivity contribution is 5.87. The summed E-state index contributed by atoms with van der Waals surface area (Å²) in [6.07, 6.45) is 1.71. The van der Waals surface area contributed by atoms with Gasteiger partial charge in [-0.1, -0.05) is 30.3 Å². The molecule has 0 aliphatic carbocycles. The van der Waals surface area contributed by atoms with Crippen molar-refractivity contribution < 1.29 is 4.74 Å². The maximum atomic E-state index is 5.41. The van der Waals surface area contributed by atoms with Gasteiger partial charge < -0.3 is 4.74 Å². The number of aromatic nitrogens is 3. The maximum absolute atomic E-state index is 5.41. The summed E-state index contributed by atoms with van der Waals surface area (Å²) in [6.45, 7) is 2.61.